The molecule has 106 valence electrons. The average Bonchev–Trinajstić information content (AvgIpc) is 2.80. The number of hydrogen-bond acceptors (Lipinski definition) is 4. The molecule has 1 unspecified atom stereocenters. The summed E-state index contributed by atoms with van der Waals surface area (Å²) in [6.45, 7) is 4.45. The molecule has 4 nitrogen and oxygen atoms in total. The molecule has 19 heavy (non-hydrogen) atoms. The van der Waals surface area contributed by atoms with Crippen molar-refractivity contribution in [2.24, 2.45) is 5.41 Å². The number of carbonyl (C=O) groups excluding carboxylic acids is 1. The SMILES string of the molecule is COC(=O)c1ccc(C2(O)CCCC(C)(C)CC2)o1. The van der Waals surface area contributed by atoms with Crippen LogP contribution >= 0.6 is 0 Å². The summed E-state index contributed by atoms with van der Waals surface area (Å²) in [7, 11) is 1.31. The van der Waals surface area contributed by atoms with Gasteiger partial charge >= 0.3 is 5.97 Å². The lowest BCUT2D eigenvalue weighted by atomic mass is 9.84. The van der Waals surface area contributed by atoms with Gasteiger partial charge in [-0.3, -0.25) is 0 Å². The van der Waals surface area contributed by atoms with E-state index < -0.39 is 11.6 Å². The van der Waals surface area contributed by atoms with Crippen molar-refractivity contribution in [3.8, 4) is 0 Å². The van der Waals surface area contributed by atoms with E-state index in [0.29, 0.717) is 18.6 Å². The number of carbonyl (C=O) groups is 1. The van der Waals surface area contributed by atoms with Gasteiger partial charge in [-0.15, -0.1) is 0 Å². The Bertz CT molecular complexity index is 460. The standard InChI is InChI=1S/C15H22O4/c1-14(2)7-4-8-15(17,10-9-14)12-6-5-11(19-12)13(16)18-3/h5-6,17H,4,7-10H2,1-3H3. The van der Waals surface area contributed by atoms with E-state index in [-0.39, 0.29) is 11.2 Å². The van der Waals surface area contributed by atoms with Crippen molar-refractivity contribution < 1.29 is 19.1 Å². The Balaban J connectivity index is 2.20. The molecule has 1 fully saturated rings. The normalized spacial score (nSPS) is 26.7. The van der Waals surface area contributed by atoms with Crippen LogP contribution in [0.1, 0.15) is 62.3 Å². The van der Waals surface area contributed by atoms with Gasteiger partial charge in [-0.25, -0.2) is 4.79 Å². The molecule has 0 aliphatic heterocycles. The quantitative estimate of drug-likeness (QED) is 0.659. The number of furan rings is 1. The highest BCUT2D eigenvalue weighted by molar-refractivity contribution is 5.86. The number of hydrogen-bond donors (Lipinski definition) is 1. The zero-order valence-electron chi connectivity index (χ0n) is 11.9. The zero-order chi connectivity index (χ0) is 14.1. The summed E-state index contributed by atoms with van der Waals surface area (Å²) in [5.74, 6) is 0.115. The van der Waals surface area contributed by atoms with Crippen molar-refractivity contribution >= 4 is 5.97 Å². The lowest BCUT2D eigenvalue weighted by Crippen LogP contribution is -2.24. The molecular formula is C15H22O4. The molecule has 1 N–H and O–H groups in total. The van der Waals surface area contributed by atoms with E-state index in [1.165, 1.54) is 7.11 Å². The monoisotopic (exact) mass is 266 g/mol. The van der Waals surface area contributed by atoms with Crippen LogP contribution < -0.4 is 0 Å². The minimum absolute atomic E-state index is 0.148. The number of esters is 1. The molecule has 1 aromatic heterocycles. The molecule has 1 heterocycles. The second-order valence-corrected chi connectivity index (χ2v) is 6.20. The Kier molecular flexibility index (Phi) is 3.72. The van der Waals surface area contributed by atoms with Crippen LogP contribution in [0.3, 0.4) is 0 Å². The summed E-state index contributed by atoms with van der Waals surface area (Å²) in [6, 6.07) is 3.25. The number of ether oxygens (including phenoxy) is 1. The summed E-state index contributed by atoms with van der Waals surface area (Å²) in [4.78, 5) is 11.4. The van der Waals surface area contributed by atoms with Crippen molar-refractivity contribution in [3.63, 3.8) is 0 Å². The van der Waals surface area contributed by atoms with Gasteiger partial charge in [0.25, 0.3) is 0 Å². The first-order valence-corrected chi connectivity index (χ1v) is 6.77. The fraction of sp³-hybridized carbons (Fsp3) is 0.667. The van der Waals surface area contributed by atoms with E-state index in [1.54, 1.807) is 12.1 Å². The Morgan fingerprint density at radius 1 is 1.26 bits per heavy atom. The van der Waals surface area contributed by atoms with Gasteiger partial charge in [-0.05, 0) is 49.7 Å². The highest BCUT2D eigenvalue weighted by Gasteiger charge is 2.37. The van der Waals surface area contributed by atoms with Crippen LogP contribution in [-0.4, -0.2) is 18.2 Å². The molecule has 0 aromatic carbocycles. The molecule has 4 heteroatoms. The van der Waals surface area contributed by atoms with Crippen LogP contribution in [-0.2, 0) is 10.3 Å². The predicted octanol–water partition coefficient (Wildman–Crippen LogP) is 3.24. The maximum absolute atomic E-state index is 11.4. The Labute approximate surface area is 113 Å². The Morgan fingerprint density at radius 2 is 2.00 bits per heavy atom. The molecule has 0 bridgehead atoms. The first-order valence-electron chi connectivity index (χ1n) is 6.77. The van der Waals surface area contributed by atoms with Crippen molar-refractivity contribution in [1.82, 2.24) is 0 Å². The lowest BCUT2D eigenvalue weighted by Gasteiger charge is -2.25. The van der Waals surface area contributed by atoms with Crippen molar-refractivity contribution in [3.05, 3.63) is 23.7 Å². The summed E-state index contributed by atoms with van der Waals surface area (Å²) >= 11 is 0. The van der Waals surface area contributed by atoms with Crippen molar-refractivity contribution in [1.29, 1.82) is 0 Å². The van der Waals surface area contributed by atoms with Gasteiger partial charge in [-0.2, -0.15) is 0 Å². The molecule has 1 atom stereocenters. The number of rotatable bonds is 2. The summed E-state index contributed by atoms with van der Waals surface area (Å²) in [5, 5.41) is 10.8. The molecule has 1 aromatic rings. The maximum atomic E-state index is 11.4. The van der Waals surface area contributed by atoms with E-state index in [1.807, 2.05) is 0 Å². The second-order valence-electron chi connectivity index (χ2n) is 6.20. The van der Waals surface area contributed by atoms with Crippen molar-refractivity contribution in [2.45, 2.75) is 51.6 Å². The highest BCUT2D eigenvalue weighted by Crippen LogP contribution is 2.43. The fourth-order valence-electron chi connectivity index (χ4n) is 2.70. The minimum atomic E-state index is -0.958. The van der Waals surface area contributed by atoms with Gasteiger partial charge < -0.3 is 14.3 Å². The number of aliphatic hydroxyl groups is 1. The van der Waals surface area contributed by atoms with Crippen LogP contribution in [0.2, 0.25) is 0 Å². The molecule has 0 saturated heterocycles. The third kappa shape index (κ3) is 3.00. The predicted molar refractivity (Wildman–Crippen MR) is 70.8 cm³/mol. The number of methoxy groups -OCH3 is 1. The van der Waals surface area contributed by atoms with Crippen LogP contribution in [0.4, 0.5) is 0 Å². The first kappa shape index (κ1) is 14.1. The molecule has 0 radical (unpaired) electrons. The Hall–Kier alpha value is -1.29. The molecule has 1 aliphatic carbocycles. The van der Waals surface area contributed by atoms with Crippen LogP contribution in [0, 0.1) is 5.41 Å². The van der Waals surface area contributed by atoms with E-state index >= 15 is 0 Å². The van der Waals surface area contributed by atoms with Gasteiger partial charge in [0.2, 0.25) is 5.76 Å². The van der Waals surface area contributed by atoms with Gasteiger partial charge in [0, 0.05) is 0 Å². The van der Waals surface area contributed by atoms with E-state index in [2.05, 4.69) is 18.6 Å². The van der Waals surface area contributed by atoms with Crippen LogP contribution in [0.5, 0.6) is 0 Å². The first-order chi connectivity index (χ1) is 8.86. The second kappa shape index (κ2) is 5.00. The average molecular weight is 266 g/mol. The highest BCUT2D eigenvalue weighted by atomic mass is 16.5. The maximum Gasteiger partial charge on any atom is 0.373 e. The molecule has 2 rings (SSSR count). The summed E-state index contributed by atoms with van der Waals surface area (Å²) < 4.78 is 10.1. The van der Waals surface area contributed by atoms with Crippen LogP contribution in [0.25, 0.3) is 0 Å². The van der Waals surface area contributed by atoms with E-state index in [9.17, 15) is 9.90 Å². The van der Waals surface area contributed by atoms with Gasteiger partial charge in [0.05, 0.1) is 7.11 Å². The van der Waals surface area contributed by atoms with Gasteiger partial charge in [-0.1, -0.05) is 13.8 Å². The molecule has 0 amide bonds. The lowest BCUT2D eigenvalue weighted by molar-refractivity contribution is -0.00401. The molecular weight excluding hydrogens is 244 g/mol. The Morgan fingerprint density at radius 3 is 2.68 bits per heavy atom. The van der Waals surface area contributed by atoms with Crippen LogP contribution in [0.15, 0.2) is 16.5 Å². The molecule has 1 saturated carbocycles. The van der Waals surface area contributed by atoms with Gasteiger partial charge in [0.15, 0.2) is 0 Å². The molecule has 0 spiro atoms. The third-order valence-electron chi connectivity index (χ3n) is 4.11. The van der Waals surface area contributed by atoms with Crippen molar-refractivity contribution in [2.75, 3.05) is 7.11 Å². The topological polar surface area (TPSA) is 59.7 Å². The minimum Gasteiger partial charge on any atom is -0.463 e. The largest absolute Gasteiger partial charge is 0.463 e. The smallest absolute Gasteiger partial charge is 0.373 e. The van der Waals surface area contributed by atoms with Gasteiger partial charge in [0.1, 0.15) is 11.4 Å². The van der Waals surface area contributed by atoms with E-state index in [4.69, 9.17) is 4.42 Å². The van der Waals surface area contributed by atoms with E-state index in [0.717, 1.165) is 19.3 Å². The summed E-state index contributed by atoms with van der Waals surface area (Å²) in [5.41, 5.74) is -0.706. The molecule has 1 aliphatic rings. The third-order valence-corrected chi connectivity index (χ3v) is 4.11. The fourth-order valence-corrected chi connectivity index (χ4v) is 2.70. The zero-order valence-corrected chi connectivity index (χ0v) is 11.9. The summed E-state index contributed by atoms with van der Waals surface area (Å²) in [6.07, 6.45) is 4.33.